The molecule has 13 heteroatoms. The van der Waals surface area contributed by atoms with Crippen LogP contribution in [0.5, 0.6) is 0 Å². The molecule has 158 valence electrons. The number of hydrogen-bond acceptors (Lipinski definition) is 11. The number of carbonyl (C=O) groups excluding carboxylic acids is 3. The van der Waals surface area contributed by atoms with Gasteiger partial charge in [-0.15, -0.1) is 0 Å². The Bertz CT molecular complexity index is 700. The summed E-state index contributed by atoms with van der Waals surface area (Å²) in [5.41, 5.74) is -0.767. The van der Waals surface area contributed by atoms with E-state index >= 15 is 0 Å². The average molecular weight is 438 g/mol. The molecule has 28 heavy (non-hydrogen) atoms. The van der Waals surface area contributed by atoms with Gasteiger partial charge in [-0.2, -0.15) is 0 Å². The molecular formula is C15H23N2O9PS. The molecule has 1 amide bonds. The number of nitrogens with one attached hydrogen (secondary N) is 1. The molecule has 1 atom stereocenters. The molecule has 2 heterocycles. The normalized spacial score (nSPS) is 21.4. The van der Waals surface area contributed by atoms with Gasteiger partial charge in [0.25, 0.3) is 0 Å². The molecule has 0 bridgehead atoms. The van der Waals surface area contributed by atoms with Crippen molar-refractivity contribution < 1.29 is 42.3 Å². The Morgan fingerprint density at radius 1 is 1.46 bits per heavy atom. The topological polar surface area (TPSA) is 143 Å². The van der Waals surface area contributed by atoms with Crippen molar-refractivity contribution in [2.24, 2.45) is 5.41 Å². The van der Waals surface area contributed by atoms with Crippen molar-refractivity contribution in [3.63, 3.8) is 0 Å². The fraction of sp³-hybridized carbons (Fsp3) is 0.600. The van der Waals surface area contributed by atoms with Crippen molar-refractivity contribution in [1.29, 1.82) is 0 Å². The average Bonchev–Trinajstić information content (AvgIpc) is 3.18. The molecule has 1 saturated heterocycles. The van der Waals surface area contributed by atoms with Crippen LogP contribution < -0.4 is 5.32 Å². The number of methoxy groups -OCH3 is 1. The van der Waals surface area contributed by atoms with Crippen LogP contribution in [0.2, 0.25) is 0 Å². The summed E-state index contributed by atoms with van der Waals surface area (Å²) < 4.78 is 29.0. The standard InChI is InChI=1S/C15H23N2O9PS/c1-15(2)8-24-27(21,25-9-23-14(20)10-4-7-17-28-10)26-12(15)13(19)16-6-5-11(18)22-3/h4,7,12,21,27H,5-6,8-9H2,1-3H3,(H,16,19)/t12-/m0/s1. The van der Waals surface area contributed by atoms with Crippen molar-refractivity contribution in [1.82, 2.24) is 9.69 Å². The molecule has 1 aromatic heterocycles. The molecule has 0 radical (unpaired) electrons. The molecule has 11 nitrogen and oxygen atoms in total. The van der Waals surface area contributed by atoms with Crippen molar-refractivity contribution in [3.8, 4) is 0 Å². The van der Waals surface area contributed by atoms with Gasteiger partial charge >= 0.3 is 166 Å². The van der Waals surface area contributed by atoms with Crippen LogP contribution in [-0.2, 0) is 32.6 Å². The molecule has 1 aromatic rings. The predicted molar refractivity (Wildman–Crippen MR) is 98.3 cm³/mol. The third-order valence-corrected chi connectivity index (χ3v) is 6.02. The maximum absolute atomic E-state index is 12.4. The van der Waals surface area contributed by atoms with Crippen molar-refractivity contribution in [3.05, 3.63) is 17.1 Å². The van der Waals surface area contributed by atoms with Crippen LogP contribution in [0.25, 0.3) is 0 Å². The quantitative estimate of drug-likeness (QED) is 0.340. The first-order chi connectivity index (χ1) is 13.2. The van der Waals surface area contributed by atoms with E-state index in [0.29, 0.717) is 0 Å². The zero-order valence-corrected chi connectivity index (χ0v) is 17.4. The van der Waals surface area contributed by atoms with Gasteiger partial charge in [-0.1, -0.05) is 0 Å². The summed E-state index contributed by atoms with van der Waals surface area (Å²) in [6.45, 7) is 2.85. The van der Waals surface area contributed by atoms with E-state index in [1.165, 1.54) is 19.4 Å². The second kappa shape index (κ2) is 9.68. The van der Waals surface area contributed by atoms with Gasteiger partial charge in [0.1, 0.15) is 0 Å². The van der Waals surface area contributed by atoms with Crippen LogP contribution in [0, 0.1) is 5.41 Å². The summed E-state index contributed by atoms with van der Waals surface area (Å²) >= 11 is 0.952. The minimum atomic E-state index is -4.21. The molecule has 2 N–H and O–H groups in total. The van der Waals surface area contributed by atoms with E-state index in [1.54, 1.807) is 13.8 Å². The fourth-order valence-electron chi connectivity index (χ4n) is 2.21. The van der Waals surface area contributed by atoms with Crippen LogP contribution in [0.3, 0.4) is 0 Å². The van der Waals surface area contributed by atoms with E-state index in [0.717, 1.165) is 11.5 Å². The summed E-state index contributed by atoms with van der Waals surface area (Å²) in [5, 5.41) is 2.55. The van der Waals surface area contributed by atoms with Gasteiger partial charge in [0.05, 0.1) is 0 Å². The number of aromatic nitrogens is 1. The van der Waals surface area contributed by atoms with Crippen LogP contribution in [-0.4, -0.2) is 60.3 Å². The van der Waals surface area contributed by atoms with Gasteiger partial charge in [-0.3, -0.25) is 0 Å². The summed E-state index contributed by atoms with van der Waals surface area (Å²) in [4.78, 5) is 46.0. The number of ether oxygens (including phenoxy) is 2. The maximum atomic E-state index is 12.4. The van der Waals surface area contributed by atoms with Crippen molar-refractivity contribution in [2.45, 2.75) is 26.4 Å². The fourth-order valence-corrected chi connectivity index (χ4v) is 4.41. The van der Waals surface area contributed by atoms with E-state index in [-0.39, 0.29) is 24.4 Å². The van der Waals surface area contributed by atoms with Crippen LogP contribution >= 0.6 is 19.7 Å². The number of rotatable bonds is 8. The van der Waals surface area contributed by atoms with E-state index in [9.17, 15) is 19.3 Å². The zero-order valence-electron chi connectivity index (χ0n) is 15.6. The Hall–Kier alpha value is -1.69. The summed E-state index contributed by atoms with van der Waals surface area (Å²) in [5.74, 6) is -1.67. The van der Waals surface area contributed by atoms with Gasteiger partial charge in [-0.05, 0) is 0 Å². The molecule has 0 spiro atoms. The SMILES string of the molecule is COC(=O)CCNC(=O)[C@@H]1O[PH](O)(OCOC(=O)c2ccns2)OCC1(C)C. The molecule has 0 saturated carbocycles. The second-order valence-electron chi connectivity index (χ2n) is 6.49. The molecular weight excluding hydrogens is 415 g/mol. The third kappa shape index (κ3) is 6.16. The van der Waals surface area contributed by atoms with E-state index < -0.39 is 44.3 Å². The Kier molecular flexibility index (Phi) is 7.81. The van der Waals surface area contributed by atoms with Gasteiger partial charge in [0.15, 0.2) is 0 Å². The summed E-state index contributed by atoms with van der Waals surface area (Å²) in [6, 6.07) is 1.48. The molecule has 0 aliphatic carbocycles. The minimum absolute atomic E-state index is 0.00237. The number of esters is 2. The Morgan fingerprint density at radius 3 is 2.86 bits per heavy atom. The number of hydrogen-bond donors (Lipinski definition) is 2. The van der Waals surface area contributed by atoms with Gasteiger partial charge in [0, 0.05) is 0 Å². The van der Waals surface area contributed by atoms with Gasteiger partial charge in [-0.25, -0.2) is 0 Å². The summed E-state index contributed by atoms with van der Waals surface area (Å²) in [7, 11) is -2.96. The number of amides is 1. The molecule has 0 unspecified atom stereocenters. The first-order valence-corrected chi connectivity index (χ1v) is 10.7. The Labute approximate surface area is 166 Å². The summed E-state index contributed by atoms with van der Waals surface area (Å²) in [6.07, 6.45) is 0.355. The monoisotopic (exact) mass is 438 g/mol. The molecule has 1 aliphatic heterocycles. The third-order valence-electron chi connectivity index (χ3n) is 3.77. The first-order valence-electron chi connectivity index (χ1n) is 8.27. The number of nitrogens with zero attached hydrogens (tertiary/aromatic N) is 1. The van der Waals surface area contributed by atoms with E-state index in [1.807, 2.05) is 0 Å². The van der Waals surface area contributed by atoms with Crippen molar-refractivity contribution in [2.75, 3.05) is 27.1 Å². The molecule has 0 aromatic carbocycles. The van der Waals surface area contributed by atoms with Gasteiger partial charge in [0.2, 0.25) is 0 Å². The van der Waals surface area contributed by atoms with Crippen LogP contribution in [0.1, 0.15) is 29.9 Å². The molecule has 1 aliphatic rings. The van der Waals surface area contributed by atoms with Crippen LogP contribution in [0.15, 0.2) is 12.3 Å². The first kappa shape index (κ1) is 22.6. The zero-order chi connectivity index (χ0) is 20.8. The second-order valence-corrected chi connectivity index (χ2v) is 9.18. The molecule has 2 rings (SSSR count). The van der Waals surface area contributed by atoms with Crippen LogP contribution in [0.4, 0.5) is 0 Å². The molecule has 1 fully saturated rings. The van der Waals surface area contributed by atoms with Gasteiger partial charge < -0.3 is 0 Å². The number of carbonyl (C=O) groups is 3. The Balaban J connectivity index is 1.88. The predicted octanol–water partition coefficient (Wildman–Crippen LogP) is 0.797. The van der Waals surface area contributed by atoms with E-state index in [4.69, 9.17) is 18.3 Å². The van der Waals surface area contributed by atoms with Crippen molar-refractivity contribution >= 4 is 37.5 Å². The Morgan fingerprint density at radius 2 is 2.21 bits per heavy atom. The van der Waals surface area contributed by atoms with E-state index in [2.05, 4.69) is 14.4 Å².